The molecule has 0 saturated carbocycles. The molecule has 1 aromatic heterocycles. The number of thiazole rings is 1. The van der Waals surface area contributed by atoms with Crippen molar-refractivity contribution < 1.29 is 9.53 Å². The van der Waals surface area contributed by atoms with E-state index < -0.39 is 0 Å². The fourth-order valence-corrected chi connectivity index (χ4v) is 3.59. The summed E-state index contributed by atoms with van der Waals surface area (Å²) >= 11 is 1.57. The first-order valence-electron chi connectivity index (χ1n) is 8.22. The molecule has 0 saturated heterocycles. The standard InChI is InChI=1S/C18H23N3O2S/c1-12(2)11-23-14-6-4-13(5-7-14)17(22)20-18-19-15-8-9-21(3)10-16(15)24-18/h4-7,12H,8-11H2,1-3H3,(H,19,20,22). The van der Waals surface area contributed by atoms with Crippen LogP contribution in [0.5, 0.6) is 5.75 Å². The SMILES string of the molecule is CC(C)COc1ccc(C(=O)Nc2nc3c(s2)CN(C)CC3)cc1. The van der Waals surface area contributed by atoms with Crippen LogP contribution in [0.25, 0.3) is 0 Å². The fourth-order valence-electron chi connectivity index (χ4n) is 2.51. The number of anilines is 1. The van der Waals surface area contributed by atoms with Gasteiger partial charge in [0.1, 0.15) is 5.75 Å². The summed E-state index contributed by atoms with van der Waals surface area (Å²) in [5.74, 6) is 1.13. The van der Waals surface area contributed by atoms with Crippen molar-refractivity contribution in [3.63, 3.8) is 0 Å². The highest BCUT2D eigenvalue weighted by Gasteiger charge is 2.19. The average Bonchev–Trinajstić information content (AvgIpc) is 2.94. The van der Waals surface area contributed by atoms with Gasteiger partial charge in [-0.1, -0.05) is 13.8 Å². The predicted octanol–water partition coefficient (Wildman–Crippen LogP) is 3.42. The number of hydrogen-bond acceptors (Lipinski definition) is 5. The smallest absolute Gasteiger partial charge is 0.257 e. The van der Waals surface area contributed by atoms with Crippen LogP contribution in [0.4, 0.5) is 5.13 Å². The van der Waals surface area contributed by atoms with Crippen molar-refractivity contribution in [2.45, 2.75) is 26.8 Å². The number of amides is 1. The lowest BCUT2D eigenvalue weighted by molar-refractivity contribution is 0.102. The summed E-state index contributed by atoms with van der Waals surface area (Å²) in [5, 5.41) is 3.59. The average molecular weight is 345 g/mol. The number of hydrogen-bond donors (Lipinski definition) is 1. The second kappa shape index (κ2) is 7.32. The summed E-state index contributed by atoms with van der Waals surface area (Å²) < 4.78 is 5.64. The number of nitrogens with zero attached hydrogens (tertiary/aromatic N) is 2. The van der Waals surface area contributed by atoms with Crippen LogP contribution in [0.3, 0.4) is 0 Å². The van der Waals surface area contributed by atoms with Crippen LogP contribution in [0.15, 0.2) is 24.3 Å². The molecule has 0 bridgehead atoms. The normalized spacial score (nSPS) is 14.5. The van der Waals surface area contributed by atoms with E-state index >= 15 is 0 Å². The molecule has 24 heavy (non-hydrogen) atoms. The Morgan fingerprint density at radius 2 is 2.12 bits per heavy atom. The lowest BCUT2D eigenvalue weighted by atomic mass is 10.2. The molecule has 0 aliphatic carbocycles. The molecule has 128 valence electrons. The molecule has 2 heterocycles. The number of benzene rings is 1. The molecule has 0 fully saturated rings. The van der Waals surface area contributed by atoms with Crippen molar-refractivity contribution >= 4 is 22.4 Å². The van der Waals surface area contributed by atoms with Crippen LogP contribution in [0.2, 0.25) is 0 Å². The Balaban J connectivity index is 1.62. The largest absolute Gasteiger partial charge is 0.493 e. The second-order valence-electron chi connectivity index (χ2n) is 6.56. The molecule has 0 radical (unpaired) electrons. The Kier molecular flexibility index (Phi) is 5.16. The number of aromatic nitrogens is 1. The van der Waals surface area contributed by atoms with Gasteiger partial charge in [-0.3, -0.25) is 10.1 Å². The Morgan fingerprint density at radius 1 is 1.38 bits per heavy atom. The van der Waals surface area contributed by atoms with E-state index in [1.165, 1.54) is 4.88 Å². The fraction of sp³-hybridized carbons (Fsp3) is 0.444. The molecule has 0 unspecified atom stereocenters. The summed E-state index contributed by atoms with van der Waals surface area (Å²) in [5.41, 5.74) is 1.73. The Hall–Kier alpha value is -1.92. The molecule has 5 nitrogen and oxygen atoms in total. The van der Waals surface area contributed by atoms with Crippen molar-refractivity contribution in [1.82, 2.24) is 9.88 Å². The minimum Gasteiger partial charge on any atom is -0.493 e. The van der Waals surface area contributed by atoms with Gasteiger partial charge in [0.15, 0.2) is 5.13 Å². The first-order chi connectivity index (χ1) is 11.5. The van der Waals surface area contributed by atoms with Gasteiger partial charge < -0.3 is 9.64 Å². The predicted molar refractivity (Wildman–Crippen MR) is 96.9 cm³/mol. The van der Waals surface area contributed by atoms with Gasteiger partial charge in [0.2, 0.25) is 0 Å². The van der Waals surface area contributed by atoms with Crippen LogP contribution in [-0.4, -0.2) is 36.0 Å². The van der Waals surface area contributed by atoms with Gasteiger partial charge in [0.25, 0.3) is 5.91 Å². The monoisotopic (exact) mass is 345 g/mol. The van der Waals surface area contributed by atoms with Crippen molar-refractivity contribution in [3.05, 3.63) is 40.4 Å². The van der Waals surface area contributed by atoms with E-state index in [2.05, 4.69) is 36.1 Å². The highest BCUT2D eigenvalue weighted by atomic mass is 32.1. The van der Waals surface area contributed by atoms with E-state index in [1.54, 1.807) is 23.5 Å². The second-order valence-corrected chi connectivity index (χ2v) is 7.64. The van der Waals surface area contributed by atoms with E-state index in [0.717, 1.165) is 31.0 Å². The molecular formula is C18H23N3O2S. The maximum absolute atomic E-state index is 12.4. The molecule has 1 N–H and O–H groups in total. The zero-order chi connectivity index (χ0) is 17.1. The Labute approximate surface area is 146 Å². The topological polar surface area (TPSA) is 54.5 Å². The Morgan fingerprint density at radius 3 is 2.83 bits per heavy atom. The summed E-state index contributed by atoms with van der Waals surface area (Å²) in [6.45, 7) is 6.80. The Bertz CT molecular complexity index is 710. The molecule has 2 aromatic rings. The number of nitrogens with one attached hydrogen (secondary N) is 1. The molecule has 3 rings (SSSR count). The molecule has 6 heteroatoms. The molecule has 1 aromatic carbocycles. The summed E-state index contributed by atoms with van der Waals surface area (Å²) in [7, 11) is 2.10. The number of ether oxygens (including phenoxy) is 1. The van der Waals surface area contributed by atoms with Crippen LogP contribution < -0.4 is 10.1 Å². The van der Waals surface area contributed by atoms with E-state index in [1.807, 2.05) is 12.1 Å². The number of fused-ring (bicyclic) bond motifs is 1. The van der Waals surface area contributed by atoms with Crippen LogP contribution >= 0.6 is 11.3 Å². The molecule has 0 spiro atoms. The van der Waals surface area contributed by atoms with E-state index in [4.69, 9.17) is 4.74 Å². The number of carbonyl (C=O) groups is 1. The lowest BCUT2D eigenvalue weighted by Crippen LogP contribution is -2.25. The third kappa shape index (κ3) is 4.13. The zero-order valence-corrected chi connectivity index (χ0v) is 15.2. The van der Waals surface area contributed by atoms with Gasteiger partial charge >= 0.3 is 0 Å². The van der Waals surface area contributed by atoms with Crippen molar-refractivity contribution in [2.24, 2.45) is 5.92 Å². The highest BCUT2D eigenvalue weighted by molar-refractivity contribution is 7.15. The van der Waals surface area contributed by atoms with Gasteiger partial charge in [0, 0.05) is 30.0 Å². The van der Waals surface area contributed by atoms with E-state index in [-0.39, 0.29) is 5.91 Å². The van der Waals surface area contributed by atoms with Crippen molar-refractivity contribution in [1.29, 1.82) is 0 Å². The van der Waals surface area contributed by atoms with Crippen LogP contribution in [0.1, 0.15) is 34.8 Å². The van der Waals surface area contributed by atoms with Gasteiger partial charge in [-0.15, -0.1) is 11.3 Å². The first-order valence-corrected chi connectivity index (χ1v) is 9.04. The number of likely N-dealkylation sites (N-methyl/N-ethyl adjacent to an activating group) is 1. The van der Waals surface area contributed by atoms with Crippen molar-refractivity contribution in [3.8, 4) is 5.75 Å². The molecule has 1 amide bonds. The maximum atomic E-state index is 12.4. The van der Waals surface area contributed by atoms with Gasteiger partial charge in [0.05, 0.1) is 12.3 Å². The van der Waals surface area contributed by atoms with Crippen LogP contribution in [-0.2, 0) is 13.0 Å². The van der Waals surface area contributed by atoms with Gasteiger partial charge in [-0.2, -0.15) is 0 Å². The molecular weight excluding hydrogens is 322 g/mol. The lowest BCUT2D eigenvalue weighted by Gasteiger charge is -2.20. The molecule has 1 aliphatic heterocycles. The minimum absolute atomic E-state index is 0.134. The minimum atomic E-state index is -0.134. The number of carbonyl (C=O) groups excluding carboxylic acids is 1. The summed E-state index contributed by atoms with van der Waals surface area (Å²) in [6.07, 6.45) is 0.945. The van der Waals surface area contributed by atoms with E-state index in [0.29, 0.717) is 23.2 Å². The maximum Gasteiger partial charge on any atom is 0.257 e. The zero-order valence-electron chi connectivity index (χ0n) is 14.3. The number of rotatable bonds is 5. The summed E-state index contributed by atoms with van der Waals surface area (Å²) in [4.78, 5) is 20.4. The van der Waals surface area contributed by atoms with Gasteiger partial charge in [-0.05, 0) is 37.2 Å². The third-order valence-corrected chi connectivity index (χ3v) is 4.84. The van der Waals surface area contributed by atoms with Crippen LogP contribution in [0, 0.1) is 5.92 Å². The van der Waals surface area contributed by atoms with Gasteiger partial charge in [-0.25, -0.2) is 4.98 Å². The van der Waals surface area contributed by atoms with Crippen molar-refractivity contribution in [2.75, 3.05) is 25.5 Å². The van der Waals surface area contributed by atoms with E-state index in [9.17, 15) is 4.79 Å². The highest BCUT2D eigenvalue weighted by Crippen LogP contribution is 2.28. The first kappa shape index (κ1) is 16.9. The quantitative estimate of drug-likeness (QED) is 0.902. The third-order valence-electron chi connectivity index (χ3n) is 3.84. The summed E-state index contributed by atoms with van der Waals surface area (Å²) in [6, 6.07) is 7.23. The molecule has 0 atom stereocenters. The molecule has 1 aliphatic rings.